The standard InChI is InChI=1S/C50H96N2O9/c1-4-6-8-10-12-14-16-18-19-20-21-22-23-24-25-26-28-30-32-34-36-38-45(55)52-42(40-60-50-49(59)48(58)47(57)44(61-50)39-51-41(3)53)46(56)43(54)37-35-33-31-29-27-17-15-13-11-9-7-5-2/h18-19,42-44,46-50,54,56-59H,4-17,20-40H2,1-3H3,(H,51,53)(H,52,55)/b19-18-/t42-,43+,44?,46-,47?,48?,49?,50?/m1/s1. The molecule has 0 radical (unpaired) electrons. The average molecular weight is 869 g/mol. The highest BCUT2D eigenvalue weighted by Gasteiger charge is 2.45. The lowest BCUT2D eigenvalue weighted by Crippen LogP contribution is -2.61. The number of hydrogen-bond acceptors (Lipinski definition) is 9. The van der Waals surface area contributed by atoms with Crippen LogP contribution in [0.15, 0.2) is 12.2 Å². The second kappa shape index (κ2) is 40.0. The molecule has 0 saturated carbocycles. The van der Waals surface area contributed by atoms with E-state index in [-0.39, 0.29) is 31.4 Å². The smallest absolute Gasteiger partial charge is 0.220 e. The Balaban J connectivity index is 2.41. The number of amides is 2. The molecule has 0 aromatic rings. The van der Waals surface area contributed by atoms with Crippen molar-refractivity contribution in [1.82, 2.24) is 10.6 Å². The van der Waals surface area contributed by atoms with Crippen LogP contribution in [0.25, 0.3) is 0 Å². The van der Waals surface area contributed by atoms with E-state index in [2.05, 4.69) is 36.6 Å². The number of carbonyl (C=O) groups is 2. The van der Waals surface area contributed by atoms with Crippen molar-refractivity contribution in [3.8, 4) is 0 Å². The van der Waals surface area contributed by atoms with Gasteiger partial charge in [-0.3, -0.25) is 9.59 Å². The van der Waals surface area contributed by atoms with Crippen molar-refractivity contribution in [3.05, 3.63) is 12.2 Å². The quantitative estimate of drug-likeness (QED) is 0.0233. The van der Waals surface area contributed by atoms with Crippen LogP contribution < -0.4 is 10.6 Å². The summed E-state index contributed by atoms with van der Waals surface area (Å²) in [5.74, 6) is -0.613. The normalized spacial score (nSPS) is 20.8. The summed E-state index contributed by atoms with van der Waals surface area (Å²) in [6.07, 6.45) is 33.6. The van der Waals surface area contributed by atoms with Gasteiger partial charge in [0.2, 0.25) is 11.8 Å². The van der Waals surface area contributed by atoms with Crippen molar-refractivity contribution in [3.63, 3.8) is 0 Å². The molecule has 1 rings (SSSR count). The molecule has 11 heteroatoms. The summed E-state index contributed by atoms with van der Waals surface area (Å²) in [7, 11) is 0. The van der Waals surface area contributed by atoms with Gasteiger partial charge < -0.3 is 45.6 Å². The summed E-state index contributed by atoms with van der Waals surface area (Å²) in [6.45, 7) is 5.39. The average Bonchev–Trinajstić information content (AvgIpc) is 3.24. The predicted octanol–water partition coefficient (Wildman–Crippen LogP) is 9.62. The molecule has 8 atom stereocenters. The number of allylic oxidation sites excluding steroid dienone is 2. The topological polar surface area (TPSA) is 178 Å². The van der Waals surface area contributed by atoms with Crippen LogP contribution in [-0.4, -0.2) is 99.5 Å². The van der Waals surface area contributed by atoms with E-state index in [1.54, 1.807) is 0 Å². The molecule has 1 aliphatic heterocycles. The zero-order valence-electron chi connectivity index (χ0n) is 39.4. The van der Waals surface area contributed by atoms with Crippen molar-refractivity contribution in [2.75, 3.05) is 13.2 Å². The monoisotopic (exact) mass is 869 g/mol. The van der Waals surface area contributed by atoms with E-state index in [1.807, 2.05) is 0 Å². The number of unbranched alkanes of at least 4 members (excludes halogenated alkanes) is 28. The van der Waals surface area contributed by atoms with Gasteiger partial charge in [0.05, 0.1) is 18.8 Å². The lowest BCUT2D eigenvalue weighted by Gasteiger charge is -2.41. The van der Waals surface area contributed by atoms with Gasteiger partial charge in [0.25, 0.3) is 0 Å². The van der Waals surface area contributed by atoms with E-state index >= 15 is 0 Å². The van der Waals surface area contributed by atoms with E-state index in [0.29, 0.717) is 12.8 Å². The highest BCUT2D eigenvalue weighted by Crippen LogP contribution is 2.23. The Labute approximate surface area is 373 Å². The minimum absolute atomic E-state index is 0.113. The largest absolute Gasteiger partial charge is 0.390 e. The van der Waals surface area contributed by atoms with Gasteiger partial charge >= 0.3 is 0 Å². The Morgan fingerprint density at radius 3 is 1.48 bits per heavy atom. The van der Waals surface area contributed by atoms with Crippen LogP contribution in [0.2, 0.25) is 0 Å². The van der Waals surface area contributed by atoms with Crippen LogP contribution in [-0.2, 0) is 19.1 Å². The fourth-order valence-corrected chi connectivity index (χ4v) is 8.22. The van der Waals surface area contributed by atoms with Gasteiger partial charge in [0, 0.05) is 19.9 Å². The molecular weight excluding hydrogens is 773 g/mol. The molecule has 0 spiro atoms. The molecule has 2 amide bonds. The maximum atomic E-state index is 13.1. The molecule has 1 saturated heterocycles. The third kappa shape index (κ3) is 31.0. The van der Waals surface area contributed by atoms with Gasteiger partial charge in [-0.2, -0.15) is 0 Å². The Morgan fingerprint density at radius 2 is 1.02 bits per heavy atom. The van der Waals surface area contributed by atoms with E-state index < -0.39 is 49.0 Å². The highest BCUT2D eigenvalue weighted by molar-refractivity contribution is 5.76. The Bertz CT molecular complexity index is 1050. The second-order valence-electron chi connectivity index (χ2n) is 18.2. The molecule has 0 aromatic carbocycles. The van der Waals surface area contributed by atoms with Gasteiger partial charge in [-0.15, -0.1) is 0 Å². The highest BCUT2D eigenvalue weighted by atomic mass is 16.7. The zero-order valence-corrected chi connectivity index (χ0v) is 39.4. The van der Waals surface area contributed by atoms with E-state index in [0.717, 1.165) is 44.9 Å². The molecule has 61 heavy (non-hydrogen) atoms. The first-order chi connectivity index (χ1) is 29.6. The minimum Gasteiger partial charge on any atom is -0.390 e. The number of aliphatic hydroxyl groups is 5. The van der Waals surface area contributed by atoms with Gasteiger partial charge in [-0.25, -0.2) is 0 Å². The number of hydrogen-bond donors (Lipinski definition) is 7. The number of ether oxygens (including phenoxy) is 2. The zero-order chi connectivity index (χ0) is 44.8. The molecular formula is C50H96N2O9. The molecule has 11 nitrogen and oxygen atoms in total. The molecule has 0 bridgehead atoms. The first-order valence-electron chi connectivity index (χ1n) is 25.5. The second-order valence-corrected chi connectivity index (χ2v) is 18.2. The molecule has 7 N–H and O–H groups in total. The van der Waals surface area contributed by atoms with Crippen LogP contribution in [0.1, 0.15) is 233 Å². The van der Waals surface area contributed by atoms with Crippen molar-refractivity contribution in [2.45, 2.75) is 282 Å². The van der Waals surface area contributed by atoms with Gasteiger partial charge in [-0.1, -0.05) is 193 Å². The van der Waals surface area contributed by atoms with Crippen molar-refractivity contribution in [1.29, 1.82) is 0 Å². The summed E-state index contributed by atoms with van der Waals surface area (Å²) in [6, 6.07) is -1.00. The third-order valence-electron chi connectivity index (χ3n) is 12.3. The first kappa shape index (κ1) is 57.4. The molecule has 1 heterocycles. The number of rotatable bonds is 42. The van der Waals surface area contributed by atoms with Crippen molar-refractivity contribution >= 4 is 11.8 Å². The van der Waals surface area contributed by atoms with Gasteiger partial charge in [0.15, 0.2) is 6.29 Å². The molecule has 1 aliphatic rings. The molecule has 360 valence electrons. The molecule has 1 fully saturated rings. The summed E-state index contributed by atoms with van der Waals surface area (Å²) >= 11 is 0. The fourth-order valence-electron chi connectivity index (χ4n) is 8.22. The fraction of sp³-hybridized carbons (Fsp3) is 0.920. The van der Waals surface area contributed by atoms with E-state index in [9.17, 15) is 35.1 Å². The van der Waals surface area contributed by atoms with Crippen molar-refractivity contribution in [2.24, 2.45) is 0 Å². The van der Waals surface area contributed by atoms with Crippen LogP contribution in [0, 0.1) is 0 Å². The van der Waals surface area contributed by atoms with E-state index in [1.165, 1.54) is 155 Å². The third-order valence-corrected chi connectivity index (χ3v) is 12.3. The molecule has 0 aliphatic carbocycles. The summed E-state index contributed by atoms with van der Waals surface area (Å²) < 4.78 is 11.5. The van der Waals surface area contributed by atoms with Crippen molar-refractivity contribution < 1.29 is 44.6 Å². The van der Waals surface area contributed by atoms with Crippen LogP contribution in [0.5, 0.6) is 0 Å². The lowest BCUT2D eigenvalue weighted by molar-refractivity contribution is -0.297. The maximum absolute atomic E-state index is 13.1. The summed E-state index contributed by atoms with van der Waals surface area (Å²) in [4.78, 5) is 24.6. The SMILES string of the molecule is CCCCCCCC/C=C\CCCCCCCCCCCCCC(=O)N[C@H](COC1OC(CNC(C)=O)C(O)C(O)C1O)[C@@H](O)[C@@H](O)CCCCCCCCCCCCCC. The van der Waals surface area contributed by atoms with Crippen LogP contribution in [0.4, 0.5) is 0 Å². The predicted molar refractivity (Wildman–Crippen MR) is 248 cm³/mol. The minimum atomic E-state index is -1.61. The van der Waals surface area contributed by atoms with Crippen LogP contribution in [0.3, 0.4) is 0 Å². The summed E-state index contributed by atoms with van der Waals surface area (Å²) in [5, 5.41) is 59.1. The van der Waals surface area contributed by atoms with Gasteiger partial charge in [0.1, 0.15) is 30.5 Å². The van der Waals surface area contributed by atoms with Crippen LogP contribution >= 0.6 is 0 Å². The number of carbonyl (C=O) groups excluding carboxylic acids is 2. The Hall–Kier alpha value is -1.60. The lowest BCUT2D eigenvalue weighted by atomic mass is 9.98. The number of nitrogens with one attached hydrogen (secondary N) is 2. The molecule has 0 aromatic heterocycles. The number of aliphatic hydroxyl groups excluding tert-OH is 5. The Kier molecular flexibility index (Phi) is 37.6. The maximum Gasteiger partial charge on any atom is 0.220 e. The Morgan fingerprint density at radius 1 is 0.590 bits per heavy atom. The van der Waals surface area contributed by atoms with E-state index in [4.69, 9.17) is 9.47 Å². The first-order valence-corrected chi connectivity index (χ1v) is 25.5. The van der Waals surface area contributed by atoms with Gasteiger partial charge in [-0.05, 0) is 38.5 Å². The summed E-state index contributed by atoms with van der Waals surface area (Å²) in [5.41, 5.74) is 0. The molecule has 5 unspecified atom stereocenters.